The molecule has 3 aliphatic rings. The van der Waals surface area contributed by atoms with E-state index in [9.17, 15) is 13.2 Å². The Bertz CT molecular complexity index is 657. The van der Waals surface area contributed by atoms with E-state index in [1.807, 2.05) is 25.7 Å². The molecule has 1 N–H and O–H groups in total. The highest BCUT2D eigenvalue weighted by atomic mass is 32.2. The van der Waals surface area contributed by atoms with Crippen LogP contribution in [0.25, 0.3) is 0 Å². The van der Waals surface area contributed by atoms with Crippen LogP contribution in [0.4, 0.5) is 4.79 Å². The zero-order valence-corrected chi connectivity index (χ0v) is 18.7. The summed E-state index contributed by atoms with van der Waals surface area (Å²) in [5, 5.41) is 0. The Morgan fingerprint density at radius 1 is 1.18 bits per heavy atom. The highest BCUT2D eigenvalue weighted by Crippen LogP contribution is 2.44. The van der Waals surface area contributed by atoms with Gasteiger partial charge in [-0.25, -0.2) is 17.9 Å². The smallest absolute Gasteiger partial charge is 0.410 e. The third-order valence-corrected chi connectivity index (χ3v) is 7.80. The van der Waals surface area contributed by atoms with Gasteiger partial charge in [0.1, 0.15) is 5.60 Å². The van der Waals surface area contributed by atoms with Gasteiger partial charge in [-0.05, 0) is 71.1 Å². The van der Waals surface area contributed by atoms with Gasteiger partial charge in [0.2, 0.25) is 10.0 Å². The van der Waals surface area contributed by atoms with Crippen LogP contribution in [0.1, 0.15) is 59.8 Å². The van der Waals surface area contributed by atoms with Crippen molar-refractivity contribution in [1.82, 2.24) is 14.5 Å². The zero-order valence-electron chi connectivity index (χ0n) is 17.9. The van der Waals surface area contributed by atoms with E-state index in [1.54, 1.807) is 6.92 Å². The van der Waals surface area contributed by atoms with Crippen LogP contribution in [-0.2, 0) is 14.8 Å². The first kappa shape index (κ1) is 21.8. The Balaban J connectivity index is 1.37. The van der Waals surface area contributed by atoms with Crippen LogP contribution in [0.2, 0.25) is 0 Å². The molecule has 2 saturated heterocycles. The first-order valence-corrected chi connectivity index (χ1v) is 12.3. The summed E-state index contributed by atoms with van der Waals surface area (Å²) in [6, 6.07) is 0.113. The maximum Gasteiger partial charge on any atom is 0.410 e. The quantitative estimate of drug-likeness (QED) is 0.746. The molecule has 1 spiro atoms. The second-order valence-corrected chi connectivity index (χ2v) is 12.1. The lowest BCUT2D eigenvalue weighted by molar-refractivity contribution is -0.0395. The van der Waals surface area contributed by atoms with Crippen LogP contribution in [0.5, 0.6) is 0 Å². The van der Waals surface area contributed by atoms with Gasteiger partial charge in [0, 0.05) is 38.8 Å². The van der Waals surface area contributed by atoms with E-state index in [0.29, 0.717) is 11.3 Å². The Morgan fingerprint density at radius 3 is 2.39 bits per heavy atom. The Labute approximate surface area is 170 Å². The van der Waals surface area contributed by atoms with Gasteiger partial charge in [0.25, 0.3) is 0 Å². The summed E-state index contributed by atoms with van der Waals surface area (Å²) >= 11 is 0. The van der Waals surface area contributed by atoms with E-state index >= 15 is 0 Å². The van der Waals surface area contributed by atoms with E-state index in [-0.39, 0.29) is 17.9 Å². The topological polar surface area (TPSA) is 79.0 Å². The van der Waals surface area contributed by atoms with Crippen LogP contribution < -0.4 is 4.72 Å². The van der Waals surface area contributed by atoms with Crippen molar-refractivity contribution in [2.24, 2.45) is 11.3 Å². The number of ether oxygens (including phenoxy) is 1. The molecule has 0 radical (unpaired) electrons. The van der Waals surface area contributed by atoms with Gasteiger partial charge in [-0.3, -0.25) is 0 Å². The Morgan fingerprint density at radius 2 is 1.82 bits per heavy atom. The number of hydrogen-bond acceptors (Lipinski definition) is 5. The van der Waals surface area contributed by atoms with E-state index in [4.69, 9.17) is 4.74 Å². The van der Waals surface area contributed by atoms with Crippen molar-refractivity contribution < 1.29 is 17.9 Å². The van der Waals surface area contributed by atoms with E-state index in [0.717, 1.165) is 64.8 Å². The van der Waals surface area contributed by atoms with E-state index in [1.165, 1.54) is 0 Å². The lowest BCUT2D eigenvalue weighted by Crippen LogP contribution is -2.59. The number of carbonyl (C=O) groups is 1. The van der Waals surface area contributed by atoms with Gasteiger partial charge >= 0.3 is 6.09 Å². The first-order valence-electron chi connectivity index (χ1n) is 10.7. The Hall–Kier alpha value is -0.860. The predicted molar refractivity (Wildman–Crippen MR) is 110 cm³/mol. The highest BCUT2D eigenvalue weighted by molar-refractivity contribution is 7.89. The minimum Gasteiger partial charge on any atom is -0.444 e. The molecule has 1 atom stereocenters. The number of sulfonamides is 1. The summed E-state index contributed by atoms with van der Waals surface area (Å²) in [7, 11) is -3.10. The molecule has 0 aromatic heterocycles. The molecule has 2 heterocycles. The van der Waals surface area contributed by atoms with Crippen molar-refractivity contribution in [3.05, 3.63) is 0 Å². The first-order chi connectivity index (χ1) is 13.0. The third kappa shape index (κ3) is 5.60. The van der Waals surface area contributed by atoms with Gasteiger partial charge in [-0.2, -0.15) is 0 Å². The van der Waals surface area contributed by atoms with Crippen LogP contribution in [0.3, 0.4) is 0 Å². The highest BCUT2D eigenvalue weighted by Gasteiger charge is 2.46. The van der Waals surface area contributed by atoms with Crippen molar-refractivity contribution in [3.8, 4) is 0 Å². The third-order valence-electron chi connectivity index (χ3n) is 6.34. The van der Waals surface area contributed by atoms with Crippen LogP contribution in [0.15, 0.2) is 0 Å². The number of nitrogens with zero attached hydrogens (tertiary/aromatic N) is 2. The average molecular weight is 416 g/mol. The molecule has 1 saturated carbocycles. The fraction of sp³-hybridized carbons (Fsp3) is 0.950. The molecule has 162 valence electrons. The molecule has 8 heteroatoms. The number of likely N-dealkylation sites (tertiary alicyclic amines) is 2. The summed E-state index contributed by atoms with van der Waals surface area (Å²) in [5.74, 6) is 0.682. The summed E-state index contributed by atoms with van der Waals surface area (Å²) < 4.78 is 31.8. The molecule has 0 bridgehead atoms. The zero-order chi connectivity index (χ0) is 20.6. The van der Waals surface area contributed by atoms with Gasteiger partial charge < -0.3 is 14.5 Å². The fourth-order valence-electron chi connectivity index (χ4n) is 4.87. The molecule has 0 aromatic carbocycles. The fourth-order valence-corrected chi connectivity index (χ4v) is 5.78. The molecular weight excluding hydrogens is 378 g/mol. The van der Waals surface area contributed by atoms with E-state index < -0.39 is 15.6 Å². The predicted octanol–water partition coefficient (Wildman–Crippen LogP) is 2.43. The molecule has 3 rings (SSSR count). The largest absolute Gasteiger partial charge is 0.444 e. The number of amides is 1. The summed E-state index contributed by atoms with van der Waals surface area (Å²) in [6.45, 7) is 12.2. The molecule has 28 heavy (non-hydrogen) atoms. The average Bonchev–Trinajstić information content (AvgIpc) is 3.02. The molecule has 1 amide bonds. The SMILES string of the molecule is CCS(=O)(=O)NC1CCC2(CC1)CN(C[C@@H]1CCN(C(=O)OC(C)(C)C)C1)C2. The molecule has 1 aliphatic carbocycles. The van der Waals surface area contributed by atoms with Crippen molar-refractivity contribution in [2.75, 3.05) is 38.5 Å². The molecule has 2 aliphatic heterocycles. The van der Waals surface area contributed by atoms with Crippen LogP contribution >= 0.6 is 0 Å². The summed E-state index contributed by atoms with van der Waals surface area (Å²) in [5.41, 5.74) is -0.0548. The van der Waals surface area contributed by atoms with Crippen molar-refractivity contribution in [1.29, 1.82) is 0 Å². The number of hydrogen-bond donors (Lipinski definition) is 1. The number of rotatable bonds is 5. The maximum atomic E-state index is 12.2. The lowest BCUT2D eigenvalue weighted by Gasteiger charge is -2.54. The summed E-state index contributed by atoms with van der Waals surface area (Å²) in [4.78, 5) is 16.6. The monoisotopic (exact) mass is 415 g/mol. The molecule has 0 aromatic rings. The molecule has 3 fully saturated rings. The molecular formula is C20H37N3O4S. The van der Waals surface area contributed by atoms with Crippen molar-refractivity contribution in [2.45, 2.75) is 71.4 Å². The maximum absolute atomic E-state index is 12.2. The number of nitrogens with one attached hydrogen (secondary N) is 1. The van der Waals surface area contributed by atoms with Gasteiger partial charge in [0.05, 0.1) is 5.75 Å². The van der Waals surface area contributed by atoms with Gasteiger partial charge in [-0.1, -0.05) is 0 Å². The second-order valence-electron chi connectivity index (χ2n) is 10.0. The lowest BCUT2D eigenvalue weighted by atomic mass is 9.67. The second kappa shape index (κ2) is 8.11. The minimum atomic E-state index is -3.10. The van der Waals surface area contributed by atoms with Crippen molar-refractivity contribution in [3.63, 3.8) is 0 Å². The van der Waals surface area contributed by atoms with E-state index in [2.05, 4.69) is 9.62 Å². The van der Waals surface area contributed by atoms with Crippen LogP contribution in [-0.4, -0.2) is 74.4 Å². The van der Waals surface area contributed by atoms with Crippen LogP contribution in [0, 0.1) is 11.3 Å². The van der Waals surface area contributed by atoms with Crippen molar-refractivity contribution >= 4 is 16.1 Å². The Kier molecular flexibility index (Phi) is 6.32. The normalized spacial score (nSPS) is 26.4. The number of carbonyl (C=O) groups excluding carboxylic acids is 1. The molecule has 7 nitrogen and oxygen atoms in total. The standard InChI is InChI=1S/C20H37N3O4S/c1-5-28(25,26)21-17-6-9-20(10-7-17)14-22(15-20)12-16-8-11-23(13-16)18(24)27-19(2,3)4/h16-17,21H,5-15H2,1-4H3/t16-/m0/s1. The van der Waals surface area contributed by atoms with Gasteiger partial charge in [-0.15, -0.1) is 0 Å². The minimum absolute atomic E-state index is 0.113. The molecule has 0 unspecified atom stereocenters. The van der Waals surface area contributed by atoms with Gasteiger partial charge in [0.15, 0.2) is 0 Å². The summed E-state index contributed by atoms with van der Waals surface area (Å²) in [6.07, 6.45) is 4.96.